The SMILES string of the molecule is O=C(C(F)F)N1CCC(F)(F)C(CNc2nc(-c3cnn(C4CCOCC4)c3)cc3nccnc23)C1. The van der Waals surface area contributed by atoms with Crippen molar-refractivity contribution in [3.63, 3.8) is 0 Å². The molecule has 9 nitrogen and oxygen atoms in total. The van der Waals surface area contributed by atoms with Gasteiger partial charge in [0.1, 0.15) is 5.52 Å². The van der Waals surface area contributed by atoms with E-state index in [-0.39, 0.29) is 18.4 Å². The molecule has 1 amide bonds. The summed E-state index contributed by atoms with van der Waals surface area (Å²) in [5, 5.41) is 7.39. The van der Waals surface area contributed by atoms with Gasteiger partial charge in [0, 0.05) is 63.4 Å². The van der Waals surface area contributed by atoms with E-state index in [1.165, 1.54) is 12.4 Å². The monoisotopic (exact) mass is 507 g/mol. The summed E-state index contributed by atoms with van der Waals surface area (Å²) >= 11 is 0. The summed E-state index contributed by atoms with van der Waals surface area (Å²) in [4.78, 5) is 25.7. The molecule has 2 aliphatic rings. The molecule has 0 spiro atoms. The standard InChI is InChI=1S/C23H25F4N7O2/c24-20(25)22(35)33-6-3-23(26,27)15(13-33)11-30-21-19-18(28-4-5-29-19)9-17(32-21)14-10-31-34(12-14)16-1-7-36-8-2-16/h4-5,9-10,12,15-16,20H,1-3,6-8,11,13H2,(H,30,32). The molecule has 0 bridgehead atoms. The lowest BCUT2D eigenvalue weighted by Crippen LogP contribution is -2.52. The Balaban J connectivity index is 1.39. The maximum atomic E-state index is 14.6. The Hall–Kier alpha value is -3.35. The van der Waals surface area contributed by atoms with E-state index in [0.717, 1.165) is 23.3 Å². The van der Waals surface area contributed by atoms with Crippen molar-refractivity contribution in [2.45, 2.75) is 37.7 Å². The summed E-state index contributed by atoms with van der Waals surface area (Å²) in [7, 11) is 0. The summed E-state index contributed by atoms with van der Waals surface area (Å²) in [6, 6.07) is 1.97. The van der Waals surface area contributed by atoms with Crippen LogP contribution in [0.15, 0.2) is 30.9 Å². The molecule has 192 valence electrons. The van der Waals surface area contributed by atoms with Crippen molar-refractivity contribution >= 4 is 22.8 Å². The smallest absolute Gasteiger partial charge is 0.315 e. The summed E-state index contributed by atoms with van der Waals surface area (Å²) in [6.45, 7) is 0.160. The van der Waals surface area contributed by atoms with Gasteiger partial charge in [-0.2, -0.15) is 13.9 Å². The number of piperidine rings is 1. The number of hydrogen-bond acceptors (Lipinski definition) is 7. The Bertz CT molecular complexity index is 1230. The zero-order valence-electron chi connectivity index (χ0n) is 19.3. The number of likely N-dealkylation sites (tertiary alicyclic amines) is 1. The minimum absolute atomic E-state index is 0.220. The van der Waals surface area contributed by atoms with Gasteiger partial charge in [0.15, 0.2) is 5.82 Å². The van der Waals surface area contributed by atoms with Crippen molar-refractivity contribution in [2.75, 3.05) is 38.2 Å². The van der Waals surface area contributed by atoms with Crippen LogP contribution >= 0.6 is 0 Å². The predicted molar refractivity (Wildman–Crippen MR) is 122 cm³/mol. The highest BCUT2D eigenvalue weighted by molar-refractivity contribution is 5.88. The lowest BCUT2D eigenvalue weighted by atomic mass is 9.93. The number of carbonyl (C=O) groups excluding carboxylic acids is 1. The van der Waals surface area contributed by atoms with E-state index >= 15 is 0 Å². The lowest BCUT2D eigenvalue weighted by molar-refractivity contribution is -0.154. The van der Waals surface area contributed by atoms with Crippen molar-refractivity contribution in [3.8, 4) is 11.3 Å². The summed E-state index contributed by atoms with van der Waals surface area (Å²) < 4.78 is 62.2. The van der Waals surface area contributed by atoms with E-state index in [1.807, 2.05) is 10.9 Å². The number of nitrogens with one attached hydrogen (secondary N) is 1. The molecule has 1 N–H and O–H groups in total. The van der Waals surface area contributed by atoms with Gasteiger partial charge in [0.25, 0.3) is 11.8 Å². The van der Waals surface area contributed by atoms with Gasteiger partial charge in [-0.05, 0) is 18.9 Å². The number of anilines is 1. The highest BCUT2D eigenvalue weighted by Gasteiger charge is 2.46. The molecule has 2 saturated heterocycles. The van der Waals surface area contributed by atoms with Crippen LogP contribution in [-0.4, -0.2) is 80.7 Å². The highest BCUT2D eigenvalue weighted by Crippen LogP contribution is 2.35. The van der Waals surface area contributed by atoms with Crippen molar-refractivity contribution < 1.29 is 27.1 Å². The van der Waals surface area contributed by atoms with Crippen LogP contribution in [0.3, 0.4) is 0 Å². The van der Waals surface area contributed by atoms with Crippen LogP contribution in [0.2, 0.25) is 0 Å². The number of ether oxygens (including phenoxy) is 1. The van der Waals surface area contributed by atoms with E-state index in [0.29, 0.717) is 29.9 Å². The molecule has 36 heavy (non-hydrogen) atoms. The second kappa shape index (κ2) is 9.96. The summed E-state index contributed by atoms with van der Waals surface area (Å²) in [6.07, 6.45) is 4.35. The zero-order chi connectivity index (χ0) is 25.3. The normalized spacial score (nSPS) is 20.7. The van der Waals surface area contributed by atoms with Crippen LogP contribution in [0, 0.1) is 5.92 Å². The second-order valence-corrected chi connectivity index (χ2v) is 9.01. The van der Waals surface area contributed by atoms with Gasteiger partial charge < -0.3 is 15.0 Å². The van der Waals surface area contributed by atoms with Crippen LogP contribution in [-0.2, 0) is 9.53 Å². The highest BCUT2D eigenvalue weighted by atomic mass is 19.3. The molecular weight excluding hydrogens is 482 g/mol. The van der Waals surface area contributed by atoms with E-state index in [4.69, 9.17) is 4.74 Å². The minimum Gasteiger partial charge on any atom is -0.381 e. The quantitative estimate of drug-likeness (QED) is 0.511. The van der Waals surface area contributed by atoms with Crippen LogP contribution in [0.5, 0.6) is 0 Å². The van der Waals surface area contributed by atoms with Crippen LogP contribution < -0.4 is 5.32 Å². The molecule has 13 heteroatoms. The third-order valence-corrected chi connectivity index (χ3v) is 6.69. The Morgan fingerprint density at radius 2 is 2.00 bits per heavy atom. The molecule has 5 rings (SSSR count). The van der Waals surface area contributed by atoms with Crippen molar-refractivity contribution in [1.82, 2.24) is 29.6 Å². The average Bonchev–Trinajstić information content (AvgIpc) is 3.38. The topological polar surface area (TPSA) is 98.1 Å². The number of rotatable bonds is 6. The number of halogens is 4. The first-order valence-electron chi connectivity index (χ1n) is 11.7. The van der Waals surface area contributed by atoms with E-state index in [2.05, 4.69) is 25.4 Å². The minimum atomic E-state index is -3.23. The molecule has 1 atom stereocenters. The molecule has 0 aliphatic carbocycles. The van der Waals surface area contributed by atoms with Crippen LogP contribution in [0.1, 0.15) is 25.3 Å². The number of aromatic nitrogens is 5. The van der Waals surface area contributed by atoms with Gasteiger partial charge in [-0.1, -0.05) is 0 Å². The number of pyridine rings is 1. The Morgan fingerprint density at radius 3 is 2.78 bits per heavy atom. The van der Waals surface area contributed by atoms with Gasteiger partial charge in [-0.25, -0.2) is 18.7 Å². The third-order valence-electron chi connectivity index (χ3n) is 6.69. The molecule has 0 radical (unpaired) electrons. The van der Waals surface area contributed by atoms with Crippen molar-refractivity contribution in [1.29, 1.82) is 0 Å². The molecule has 1 unspecified atom stereocenters. The number of alkyl halides is 4. The van der Waals surface area contributed by atoms with Crippen LogP contribution in [0.25, 0.3) is 22.3 Å². The fourth-order valence-corrected chi connectivity index (χ4v) is 4.61. The first-order valence-corrected chi connectivity index (χ1v) is 11.7. The maximum Gasteiger partial charge on any atom is 0.315 e. The summed E-state index contributed by atoms with van der Waals surface area (Å²) in [5.74, 6) is -5.70. The molecule has 5 heterocycles. The maximum absolute atomic E-state index is 14.6. The first kappa shape index (κ1) is 24.3. The van der Waals surface area contributed by atoms with Crippen LogP contribution in [0.4, 0.5) is 23.4 Å². The number of nitrogens with zero attached hydrogens (tertiary/aromatic N) is 6. The molecule has 3 aromatic heterocycles. The lowest BCUT2D eigenvalue weighted by Gasteiger charge is -2.38. The molecule has 2 fully saturated rings. The molecule has 3 aromatic rings. The Morgan fingerprint density at radius 1 is 1.22 bits per heavy atom. The fourth-order valence-electron chi connectivity index (χ4n) is 4.61. The number of hydrogen-bond donors (Lipinski definition) is 1. The number of amides is 1. The Labute approximate surface area is 203 Å². The molecule has 0 saturated carbocycles. The van der Waals surface area contributed by atoms with E-state index < -0.39 is 43.7 Å². The van der Waals surface area contributed by atoms with Gasteiger partial charge in [0.05, 0.1) is 29.4 Å². The molecule has 0 aromatic carbocycles. The van der Waals surface area contributed by atoms with E-state index in [9.17, 15) is 22.4 Å². The second-order valence-electron chi connectivity index (χ2n) is 9.01. The predicted octanol–water partition coefficient (Wildman–Crippen LogP) is 3.40. The molecule has 2 aliphatic heterocycles. The van der Waals surface area contributed by atoms with Gasteiger partial charge in [-0.15, -0.1) is 0 Å². The average molecular weight is 507 g/mol. The van der Waals surface area contributed by atoms with Gasteiger partial charge in [-0.3, -0.25) is 14.5 Å². The fraction of sp³-hybridized carbons (Fsp3) is 0.522. The van der Waals surface area contributed by atoms with Gasteiger partial charge in [0.2, 0.25) is 0 Å². The third kappa shape index (κ3) is 4.97. The first-order chi connectivity index (χ1) is 17.3. The van der Waals surface area contributed by atoms with E-state index in [1.54, 1.807) is 12.3 Å². The van der Waals surface area contributed by atoms with Gasteiger partial charge >= 0.3 is 6.43 Å². The van der Waals surface area contributed by atoms with Crippen molar-refractivity contribution in [3.05, 3.63) is 30.9 Å². The largest absolute Gasteiger partial charge is 0.381 e. The van der Waals surface area contributed by atoms with Crippen molar-refractivity contribution in [2.24, 2.45) is 5.92 Å². The number of carbonyl (C=O) groups is 1. The summed E-state index contributed by atoms with van der Waals surface area (Å²) in [5.41, 5.74) is 2.16. The Kier molecular flexibility index (Phi) is 6.73. The number of fused-ring (bicyclic) bond motifs is 1. The molecular formula is C23H25F4N7O2. The zero-order valence-corrected chi connectivity index (χ0v) is 19.3.